The van der Waals surface area contributed by atoms with Crippen LogP contribution in [0.2, 0.25) is 0 Å². The Morgan fingerprint density at radius 1 is 0.895 bits per heavy atom. The molecule has 0 aromatic heterocycles. The molecule has 38 heavy (non-hydrogen) atoms. The second-order valence-electron chi connectivity index (χ2n) is 9.53. The van der Waals surface area contributed by atoms with Crippen LogP contribution in [-0.4, -0.2) is 49.3 Å². The van der Waals surface area contributed by atoms with Gasteiger partial charge in [0.25, 0.3) is 5.69 Å². The van der Waals surface area contributed by atoms with Gasteiger partial charge in [-0.1, -0.05) is 64.5 Å². The number of amides is 1. The summed E-state index contributed by atoms with van der Waals surface area (Å²) in [6.07, 6.45) is 7.31. The van der Waals surface area contributed by atoms with Crippen molar-refractivity contribution in [3.05, 3.63) is 58.1 Å². The first-order valence-corrected chi connectivity index (χ1v) is 13.9. The number of carbonyl (C=O) groups excluding carboxylic acids is 1. The third kappa shape index (κ3) is 10.3. The number of benzene rings is 2. The number of carbonyl (C=O) groups is 1. The Kier molecular flexibility index (Phi) is 14.2. The molecule has 0 aliphatic rings. The molecule has 0 spiro atoms. The first-order chi connectivity index (χ1) is 18.4. The summed E-state index contributed by atoms with van der Waals surface area (Å²) in [6, 6.07) is 12.4. The summed E-state index contributed by atoms with van der Waals surface area (Å²) in [4.78, 5) is 26.3. The minimum Gasteiger partial charge on any atom is -0.491 e. The van der Waals surface area contributed by atoms with E-state index in [1.807, 2.05) is 24.3 Å². The number of rotatable bonds is 18. The first kappa shape index (κ1) is 31.1. The Bertz CT molecular complexity index is 967. The van der Waals surface area contributed by atoms with Gasteiger partial charge >= 0.3 is 6.09 Å². The van der Waals surface area contributed by atoms with E-state index in [0.29, 0.717) is 37.6 Å². The predicted octanol–water partition coefficient (Wildman–Crippen LogP) is 7.95. The number of unbranched alkanes of at least 4 members (excludes halogenated alkanes) is 6. The molecule has 1 amide bonds. The lowest BCUT2D eigenvalue weighted by Crippen LogP contribution is -2.34. The summed E-state index contributed by atoms with van der Waals surface area (Å²) in [6.45, 7) is 8.24. The number of hydrogen-bond acceptors (Lipinski definition) is 6. The van der Waals surface area contributed by atoms with Crippen LogP contribution in [0.3, 0.4) is 0 Å². The molecule has 0 bridgehead atoms. The molecule has 0 saturated heterocycles. The van der Waals surface area contributed by atoms with Crippen molar-refractivity contribution in [1.29, 1.82) is 0 Å². The molecular formula is C30H44N2O6. The van der Waals surface area contributed by atoms with Gasteiger partial charge in [0.05, 0.1) is 17.1 Å². The molecule has 1 atom stereocenters. The highest BCUT2D eigenvalue weighted by Crippen LogP contribution is 2.33. The Morgan fingerprint density at radius 2 is 1.50 bits per heavy atom. The lowest BCUT2D eigenvalue weighted by molar-refractivity contribution is -0.386. The fraction of sp³-hybridized carbons (Fsp3) is 0.567. The second kappa shape index (κ2) is 17.4. The lowest BCUT2D eigenvalue weighted by Gasteiger charge is -2.24. The van der Waals surface area contributed by atoms with Crippen LogP contribution in [0.25, 0.3) is 11.1 Å². The zero-order valence-corrected chi connectivity index (χ0v) is 23.4. The van der Waals surface area contributed by atoms with Gasteiger partial charge in [-0.15, -0.1) is 0 Å². The van der Waals surface area contributed by atoms with Crippen molar-refractivity contribution in [2.75, 3.05) is 33.4 Å². The molecule has 0 saturated carbocycles. The van der Waals surface area contributed by atoms with Crippen LogP contribution < -0.4 is 4.74 Å². The molecule has 2 rings (SSSR count). The highest BCUT2D eigenvalue weighted by molar-refractivity contribution is 5.70. The van der Waals surface area contributed by atoms with Crippen molar-refractivity contribution in [3.63, 3.8) is 0 Å². The summed E-state index contributed by atoms with van der Waals surface area (Å²) in [5.41, 5.74) is 1.99. The van der Waals surface area contributed by atoms with E-state index in [-0.39, 0.29) is 5.69 Å². The quantitative estimate of drug-likeness (QED) is 0.111. The molecule has 0 N–H and O–H groups in total. The second-order valence-corrected chi connectivity index (χ2v) is 9.53. The molecule has 2 aromatic rings. The van der Waals surface area contributed by atoms with E-state index in [4.69, 9.17) is 14.2 Å². The first-order valence-electron chi connectivity index (χ1n) is 13.9. The molecule has 210 valence electrons. The molecule has 0 fully saturated rings. The van der Waals surface area contributed by atoms with E-state index in [2.05, 4.69) is 13.8 Å². The highest BCUT2D eigenvalue weighted by atomic mass is 16.6. The van der Waals surface area contributed by atoms with Crippen molar-refractivity contribution in [3.8, 4) is 16.9 Å². The maximum atomic E-state index is 13.1. The fourth-order valence-corrected chi connectivity index (χ4v) is 4.25. The number of methoxy groups -OCH3 is 1. The van der Waals surface area contributed by atoms with E-state index in [1.54, 1.807) is 31.1 Å². The third-order valence-corrected chi connectivity index (χ3v) is 6.50. The van der Waals surface area contributed by atoms with Gasteiger partial charge in [0.15, 0.2) is 0 Å². The van der Waals surface area contributed by atoms with Crippen molar-refractivity contribution < 1.29 is 23.9 Å². The maximum absolute atomic E-state index is 13.1. The minimum absolute atomic E-state index is 0.0639. The predicted molar refractivity (Wildman–Crippen MR) is 151 cm³/mol. The average Bonchev–Trinajstić information content (AvgIpc) is 2.92. The number of nitrogens with zero attached hydrogens (tertiary/aromatic N) is 2. The van der Waals surface area contributed by atoms with Gasteiger partial charge in [-0.25, -0.2) is 4.79 Å². The molecule has 0 aliphatic heterocycles. The Labute approximate surface area is 227 Å². The van der Waals surface area contributed by atoms with Crippen LogP contribution >= 0.6 is 0 Å². The van der Waals surface area contributed by atoms with Crippen molar-refractivity contribution in [2.24, 2.45) is 0 Å². The fourth-order valence-electron chi connectivity index (χ4n) is 4.25. The monoisotopic (exact) mass is 528 g/mol. The van der Waals surface area contributed by atoms with E-state index < -0.39 is 17.1 Å². The molecule has 8 nitrogen and oxygen atoms in total. The van der Waals surface area contributed by atoms with Crippen LogP contribution in [0.4, 0.5) is 10.5 Å². The number of nitro groups is 1. The van der Waals surface area contributed by atoms with Gasteiger partial charge < -0.3 is 19.1 Å². The van der Waals surface area contributed by atoms with Crippen molar-refractivity contribution in [1.82, 2.24) is 4.90 Å². The SMILES string of the molecule is CCCCCCN(CCCCCC)C(=O)OC(C)c1cc(-c2ccc(OCCOC)cc2)ccc1[N+](=O)[O-]. The standard InChI is InChI=1S/C30H44N2O6/c1-5-7-9-11-19-31(20-12-10-8-6-2)30(33)38-24(3)28-23-26(15-18-29(28)32(34)35)25-13-16-27(17-14-25)37-22-21-36-4/h13-18,23-24H,5-12,19-22H2,1-4H3. The zero-order chi connectivity index (χ0) is 27.8. The largest absolute Gasteiger partial charge is 0.491 e. The Balaban J connectivity index is 2.17. The maximum Gasteiger partial charge on any atom is 0.410 e. The van der Waals surface area contributed by atoms with E-state index in [9.17, 15) is 14.9 Å². The normalized spacial score (nSPS) is 11.7. The Morgan fingerprint density at radius 3 is 2.05 bits per heavy atom. The number of ether oxygens (including phenoxy) is 3. The van der Waals surface area contributed by atoms with Crippen LogP contribution in [0.1, 0.15) is 83.8 Å². The van der Waals surface area contributed by atoms with Gasteiger partial charge in [0.2, 0.25) is 0 Å². The number of nitro benzene ring substituents is 1. The van der Waals surface area contributed by atoms with Crippen LogP contribution in [0.15, 0.2) is 42.5 Å². The summed E-state index contributed by atoms with van der Waals surface area (Å²) in [5.74, 6) is 0.716. The van der Waals surface area contributed by atoms with E-state index >= 15 is 0 Å². The van der Waals surface area contributed by atoms with Crippen molar-refractivity contribution in [2.45, 2.75) is 78.2 Å². The smallest absolute Gasteiger partial charge is 0.410 e. The molecule has 2 aromatic carbocycles. The van der Waals surface area contributed by atoms with Crippen molar-refractivity contribution >= 4 is 11.8 Å². The molecular weight excluding hydrogens is 484 g/mol. The molecule has 0 aliphatic carbocycles. The van der Waals surface area contributed by atoms with Crippen LogP contribution in [0, 0.1) is 10.1 Å². The van der Waals surface area contributed by atoms with Gasteiger partial charge in [-0.05, 0) is 55.2 Å². The molecule has 0 radical (unpaired) electrons. The van der Waals surface area contributed by atoms with E-state index in [1.165, 1.54) is 6.07 Å². The summed E-state index contributed by atoms with van der Waals surface area (Å²) in [7, 11) is 1.62. The average molecular weight is 529 g/mol. The van der Waals surface area contributed by atoms with Gasteiger partial charge in [0.1, 0.15) is 18.5 Å². The molecule has 0 heterocycles. The summed E-state index contributed by atoms with van der Waals surface area (Å²) < 4.78 is 16.4. The number of hydrogen-bond donors (Lipinski definition) is 0. The summed E-state index contributed by atoms with van der Waals surface area (Å²) >= 11 is 0. The van der Waals surface area contributed by atoms with Gasteiger partial charge in [-0.2, -0.15) is 0 Å². The third-order valence-electron chi connectivity index (χ3n) is 6.50. The minimum atomic E-state index is -0.770. The summed E-state index contributed by atoms with van der Waals surface area (Å²) in [5, 5.41) is 11.8. The zero-order valence-electron chi connectivity index (χ0n) is 23.4. The van der Waals surface area contributed by atoms with Crippen LogP contribution in [-0.2, 0) is 9.47 Å². The molecule has 1 unspecified atom stereocenters. The van der Waals surface area contributed by atoms with Crippen LogP contribution in [0.5, 0.6) is 5.75 Å². The van der Waals surface area contributed by atoms with Gasteiger partial charge in [-0.3, -0.25) is 10.1 Å². The highest BCUT2D eigenvalue weighted by Gasteiger charge is 2.25. The van der Waals surface area contributed by atoms with E-state index in [0.717, 1.165) is 62.5 Å². The molecule has 8 heteroatoms. The Hall–Kier alpha value is -3.13. The van der Waals surface area contributed by atoms with Gasteiger partial charge in [0, 0.05) is 26.3 Å². The topological polar surface area (TPSA) is 91.1 Å². The lowest BCUT2D eigenvalue weighted by atomic mass is 9.99.